The van der Waals surface area contributed by atoms with Crippen LogP contribution < -0.4 is 10.6 Å². The Hall–Kier alpha value is -1.42. The van der Waals surface area contributed by atoms with Crippen molar-refractivity contribution in [3.05, 3.63) is 35.6 Å². The second-order valence-corrected chi connectivity index (χ2v) is 4.81. The normalized spacial score (nSPS) is 18.3. The fourth-order valence-corrected chi connectivity index (χ4v) is 2.20. The monoisotopic (exact) mass is 250 g/mol. The molecule has 2 rings (SSSR count). The molecule has 0 radical (unpaired) electrons. The minimum absolute atomic E-state index is 0.0218. The van der Waals surface area contributed by atoms with E-state index >= 15 is 0 Å². The van der Waals surface area contributed by atoms with Crippen LogP contribution in [0.25, 0.3) is 0 Å². The van der Waals surface area contributed by atoms with E-state index in [9.17, 15) is 9.18 Å². The number of piperidine rings is 1. The first-order valence-corrected chi connectivity index (χ1v) is 6.43. The lowest BCUT2D eigenvalue weighted by Gasteiger charge is -2.25. The Bertz CT molecular complexity index is 399. The van der Waals surface area contributed by atoms with Gasteiger partial charge < -0.3 is 10.6 Å². The molecule has 98 valence electrons. The van der Waals surface area contributed by atoms with Gasteiger partial charge in [-0.15, -0.1) is 0 Å². The number of carbonyl (C=O) groups excluding carboxylic acids is 1. The molecule has 0 saturated carbocycles. The van der Waals surface area contributed by atoms with E-state index < -0.39 is 0 Å². The molecule has 1 saturated heterocycles. The van der Waals surface area contributed by atoms with Crippen LogP contribution in [0.4, 0.5) is 4.39 Å². The Morgan fingerprint density at radius 3 is 2.56 bits per heavy atom. The molecule has 1 aromatic carbocycles. The van der Waals surface area contributed by atoms with Gasteiger partial charge in [0.2, 0.25) is 5.91 Å². The second-order valence-electron chi connectivity index (χ2n) is 4.81. The van der Waals surface area contributed by atoms with Crippen LogP contribution in [0.1, 0.15) is 31.2 Å². The van der Waals surface area contributed by atoms with Crippen molar-refractivity contribution in [1.82, 2.24) is 10.6 Å². The predicted molar refractivity (Wildman–Crippen MR) is 68.8 cm³/mol. The molecule has 1 amide bonds. The van der Waals surface area contributed by atoms with Crippen molar-refractivity contribution in [2.24, 2.45) is 0 Å². The molecule has 4 heteroatoms. The fraction of sp³-hybridized carbons (Fsp3) is 0.500. The third-order valence-electron chi connectivity index (χ3n) is 3.45. The summed E-state index contributed by atoms with van der Waals surface area (Å²) in [6, 6.07) is 6.39. The van der Waals surface area contributed by atoms with Crippen LogP contribution in [0.15, 0.2) is 24.3 Å². The molecule has 0 aliphatic carbocycles. The van der Waals surface area contributed by atoms with Gasteiger partial charge in [-0.1, -0.05) is 12.1 Å². The average Bonchev–Trinajstić information content (AvgIpc) is 2.40. The van der Waals surface area contributed by atoms with Crippen LogP contribution in [-0.2, 0) is 4.79 Å². The van der Waals surface area contributed by atoms with Gasteiger partial charge in [0.1, 0.15) is 5.82 Å². The van der Waals surface area contributed by atoms with Crippen molar-refractivity contribution >= 4 is 5.91 Å². The summed E-state index contributed by atoms with van der Waals surface area (Å²) >= 11 is 0. The second kappa shape index (κ2) is 5.96. The van der Waals surface area contributed by atoms with Crippen LogP contribution in [0.3, 0.4) is 0 Å². The number of carbonyl (C=O) groups is 1. The van der Waals surface area contributed by atoms with E-state index in [0.29, 0.717) is 0 Å². The van der Waals surface area contributed by atoms with E-state index in [2.05, 4.69) is 10.6 Å². The minimum atomic E-state index is -0.273. The topological polar surface area (TPSA) is 41.1 Å². The number of nitrogens with one attached hydrogen (secondary N) is 2. The lowest BCUT2D eigenvalue weighted by atomic mass is 9.99. The molecular weight excluding hydrogens is 231 g/mol. The van der Waals surface area contributed by atoms with Crippen molar-refractivity contribution in [1.29, 1.82) is 0 Å². The van der Waals surface area contributed by atoms with Crippen molar-refractivity contribution in [2.45, 2.75) is 31.7 Å². The number of hydrogen-bond donors (Lipinski definition) is 2. The van der Waals surface area contributed by atoms with Gasteiger partial charge in [0.05, 0.1) is 5.92 Å². The Labute approximate surface area is 107 Å². The largest absolute Gasteiger partial charge is 0.353 e. The quantitative estimate of drug-likeness (QED) is 0.859. The van der Waals surface area contributed by atoms with Crippen molar-refractivity contribution in [2.75, 3.05) is 13.1 Å². The maximum atomic E-state index is 12.8. The highest BCUT2D eigenvalue weighted by atomic mass is 19.1. The maximum absolute atomic E-state index is 12.8. The Kier molecular flexibility index (Phi) is 4.31. The first-order chi connectivity index (χ1) is 8.66. The van der Waals surface area contributed by atoms with Gasteiger partial charge in [-0.25, -0.2) is 4.39 Å². The van der Waals surface area contributed by atoms with Crippen molar-refractivity contribution in [3.8, 4) is 0 Å². The van der Waals surface area contributed by atoms with E-state index in [1.165, 1.54) is 12.1 Å². The minimum Gasteiger partial charge on any atom is -0.353 e. The Morgan fingerprint density at radius 2 is 1.94 bits per heavy atom. The molecule has 3 nitrogen and oxygen atoms in total. The number of halogens is 1. The number of amides is 1. The molecule has 0 aromatic heterocycles. The van der Waals surface area contributed by atoms with Crippen LogP contribution in [0.2, 0.25) is 0 Å². The average molecular weight is 250 g/mol. The third kappa shape index (κ3) is 3.29. The first-order valence-electron chi connectivity index (χ1n) is 6.43. The van der Waals surface area contributed by atoms with Crippen molar-refractivity contribution in [3.63, 3.8) is 0 Å². The third-order valence-corrected chi connectivity index (χ3v) is 3.45. The van der Waals surface area contributed by atoms with E-state index in [-0.39, 0.29) is 23.7 Å². The highest BCUT2D eigenvalue weighted by Crippen LogP contribution is 2.16. The zero-order chi connectivity index (χ0) is 13.0. The van der Waals surface area contributed by atoms with Gasteiger partial charge in [0, 0.05) is 6.04 Å². The summed E-state index contributed by atoms with van der Waals surface area (Å²) in [4.78, 5) is 12.1. The SMILES string of the molecule is CC(C(=O)NC1CCNCC1)c1ccc(F)cc1. The molecule has 0 bridgehead atoms. The molecular formula is C14H19FN2O. The van der Waals surface area contributed by atoms with Gasteiger partial charge >= 0.3 is 0 Å². The Morgan fingerprint density at radius 1 is 1.33 bits per heavy atom. The molecule has 1 aromatic rings. The molecule has 2 N–H and O–H groups in total. The number of rotatable bonds is 3. The standard InChI is InChI=1S/C14H19FN2O/c1-10(11-2-4-12(15)5-3-11)14(18)17-13-6-8-16-9-7-13/h2-5,10,13,16H,6-9H2,1H3,(H,17,18). The first kappa shape index (κ1) is 13.0. The van der Waals surface area contributed by atoms with E-state index in [4.69, 9.17) is 0 Å². The number of hydrogen-bond acceptors (Lipinski definition) is 2. The van der Waals surface area contributed by atoms with Gasteiger partial charge in [0.15, 0.2) is 0 Å². The van der Waals surface area contributed by atoms with Gasteiger partial charge in [-0.05, 0) is 50.6 Å². The van der Waals surface area contributed by atoms with Gasteiger partial charge in [-0.2, -0.15) is 0 Å². The summed E-state index contributed by atoms with van der Waals surface area (Å²) in [5.41, 5.74) is 0.850. The smallest absolute Gasteiger partial charge is 0.227 e. The lowest BCUT2D eigenvalue weighted by molar-refractivity contribution is -0.123. The van der Waals surface area contributed by atoms with Crippen molar-refractivity contribution < 1.29 is 9.18 Å². The lowest BCUT2D eigenvalue weighted by Crippen LogP contribution is -2.44. The highest BCUT2D eigenvalue weighted by molar-refractivity contribution is 5.83. The zero-order valence-electron chi connectivity index (χ0n) is 10.6. The summed E-state index contributed by atoms with van der Waals surface area (Å²) in [7, 11) is 0. The van der Waals surface area contributed by atoms with Crippen LogP contribution in [0.5, 0.6) is 0 Å². The van der Waals surface area contributed by atoms with Crippen LogP contribution in [-0.4, -0.2) is 25.0 Å². The molecule has 1 aliphatic rings. The summed E-state index contributed by atoms with van der Waals surface area (Å²) < 4.78 is 12.8. The molecule has 1 unspecified atom stereocenters. The van der Waals surface area contributed by atoms with E-state index in [1.807, 2.05) is 6.92 Å². The molecule has 18 heavy (non-hydrogen) atoms. The zero-order valence-corrected chi connectivity index (χ0v) is 10.6. The summed E-state index contributed by atoms with van der Waals surface area (Å²) in [6.45, 7) is 3.76. The highest BCUT2D eigenvalue weighted by Gasteiger charge is 2.20. The van der Waals surface area contributed by atoms with Gasteiger partial charge in [0.25, 0.3) is 0 Å². The molecule has 1 heterocycles. The fourth-order valence-electron chi connectivity index (χ4n) is 2.20. The Balaban J connectivity index is 1.93. The maximum Gasteiger partial charge on any atom is 0.227 e. The summed E-state index contributed by atoms with van der Waals surface area (Å²) in [5.74, 6) is -0.487. The van der Waals surface area contributed by atoms with Gasteiger partial charge in [-0.3, -0.25) is 4.79 Å². The summed E-state index contributed by atoms with van der Waals surface area (Å²) in [6.07, 6.45) is 1.95. The summed E-state index contributed by atoms with van der Waals surface area (Å²) in [5, 5.41) is 6.32. The van der Waals surface area contributed by atoms with E-state index in [1.54, 1.807) is 12.1 Å². The molecule has 0 spiro atoms. The van der Waals surface area contributed by atoms with Crippen LogP contribution >= 0.6 is 0 Å². The predicted octanol–water partition coefficient (Wildman–Crippen LogP) is 1.80. The molecule has 1 atom stereocenters. The molecule has 1 aliphatic heterocycles. The number of benzene rings is 1. The van der Waals surface area contributed by atoms with E-state index in [0.717, 1.165) is 31.5 Å². The van der Waals surface area contributed by atoms with Crippen LogP contribution in [0, 0.1) is 5.82 Å². The molecule has 1 fully saturated rings.